The maximum absolute atomic E-state index is 11.7. The van der Waals surface area contributed by atoms with Gasteiger partial charge in [-0.1, -0.05) is 54.1 Å². The number of amides is 1. The summed E-state index contributed by atoms with van der Waals surface area (Å²) in [5.41, 5.74) is 6.82. The van der Waals surface area contributed by atoms with Crippen molar-refractivity contribution < 1.29 is 14.7 Å². The van der Waals surface area contributed by atoms with Gasteiger partial charge < -0.3 is 5.11 Å². The number of nitrogens with one attached hydrogen (secondary N) is 2. The molecule has 3 N–H and O–H groups in total. The number of hydrazine groups is 1. The first kappa shape index (κ1) is 17.9. The number of hydrogen-bond donors (Lipinski definition) is 3. The Bertz CT molecular complexity index is 830. The van der Waals surface area contributed by atoms with Crippen molar-refractivity contribution in [1.29, 1.82) is 0 Å². The van der Waals surface area contributed by atoms with Crippen LogP contribution in [0.2, 0.25) is 0 Å². The number of carboxylic acid groups (broad SMARTS) is 1. The molecule has 2 unspecified atom stereocenters. The molecule has 1 aliphatic carbocycles. The number of aliphatic imine (C=N–C) groups is 2. The summed E-state index contributed by atoms with van der Waals surface area (Å²) in [7, 11) is 0. The average Bonchev–Trinajstić information content (AvgIpc) is 2.65. The standard InChI is InChI=1S/C18H17ClN4O3/c19-12-6-7-14-13(10-12)17(11-4-2-1-3-5-11)21-18(20-14)23-22-15(24)8-9-16(25)26/h1-7,10,13-14H,8-9H2,(H,20,23)(H,22,24)(H,25,26). The molecule has 1 amide bonds. The SMILES string of the molecule is O=C(O)CCC(=O)NNC1=NC2C=CC(Cl)=CC2C(c2ccccc2)=N1. The molecule has 0 radical (unpaired) electrons. The van der Waals surface area contributed by atoms with E-state index in [-0.39, 0.29) is 30.8 Å². The quantitative estimate of drug-likeness (QED) is 0.703. The summed E-state index contributed by atoms with van der Waals surface area (Å²) in [6, 6.07) is 9.47. The van der Waals surface area contributed by atoms with Crippen molar-refractivity contribution in [3.63, 3.8) is 0 Å². The van der Waals surface area contributed by atoms with E-state index in [1.54, 1.807) is 6.08 Å². The third-order valence-corrected chi connectivity index (χ3v) is 4.17. The van der Waals surface area contributed by atoms with Crippen molar-refractivity contribution >= 4 is 35.1 Å². The monoisotopic (exact) mass is 372 g/mol. The fraction of sp³-hybridized carbons (Fsp3) is 0.222. The molecular formula is C18H17ClN4O3. The summed E-state index contributed by atoms with van der Waals surface area (Å²) in [6.07, 6.45) is 5.20. The molecule has 26 heavy (non-hydrogen) atoms. The van der Waals surface area contributed by atoms with E-state index in [0.29, 0.717) is 5.03 Å². The van der Waals surface area contributed by atoms with Gasteiger partial charge in [-0.05, 0) is 11.6 Å². The minimum Gasteiger partial charge on any atom is -0.481 e. The molecule has 2 atom stereocenters. The van der Waals surface area contributed by atoms with E-state index in [4.69, 9.17) is 16.7 Å². The lowest BCUT2D eigenvalue weighted by Gasteiger charge is -2.28. The van der Waals surface area contributed by atoms with Gasteiger partial charge in [0.25, 0.3) is 0 Å². The van der Waals surface area contributed by atoms with Gasteiger partial charge in [0.1, 0.15) is 0 Å². The van der Waals surface area contributed by atoms with Crippen molar-refractivity contribution in [2.24, 2.45) is 15.9 Å². The number of aliphatic carboxylic acids is 1. The molecule has 2 aliphatic rings. The molecule has 1 aromatic rings. The van der Waals surface area contributed by atoms with E-state index < -0.39 is 11.9 Å². The first-order chi connectivity index (χ1) is 12.5. The number of guanidine groups is 1. The van der Waals surface area contributed by atoms with Gasteiger partial charge in [-0.15, -0.1) is 0 Å². The molecule has 0 saturated heterocycles. The van der Waals surface area contributed by atoms with E-state index in [0.717, 1.165) is 11.3 Å². The molecule has 134 valence electrons. The molecule has 0 spiro atoms. The fourth-order valence-corrected chi connectivity index (χ4v) is 2.90. The maximum atomic E-state index is 11.7. The lowest BCUT2D eigenvalue weighted by Crippen LogP contribution is -2.44. The third kappa shape index (κ3) is 4.37. The van der Waals surface area contributed by atoms with Crippen molar-refractivity contribution in [3.8, 4) is 0 Å². The second-order valence-electron chi connectivity index (χ2n) is 5.81. The Hall–Kier alpha value is -2.93. The molecule has 0 aromatic heterocycles. The van der Waals surface area contributed by atoms with Crippen LogP contribution in [-0.4, -0.2) is 34.7 Å². The average molecular weight is 373 g/mol. The van der Waals surface area contributed by atoms with Crippen LogP contribution in [-0.2, 0) is 9.59 Å². The number of carbonyl (C=O) groups excluding carboxylic acids is 1. The minimum absolute atomic E-state index is 0.0943. The second kappa shape index (κ2) is 7.97. The highest BCUT2D eigenvalue weighted by molar-refractivity contribution is 6.31. The molecule has 0 fully saturated rings. The Morgan fingerprint density at radius 2 is 1.96 bits per heavy atom. The Morgan fingerprint density at radius 1 is 1.19 bits per heavy atom. The topological polar surface area (TPSA) is 103 Å². The summed E-state index contributed by atoms with van der Waals surface area (Å²) in [5, 5.41) is 9.25. The van der Waals surface area contributed by atoms with Gasteiger partial charge in [-0.25, -0.2) is 9.98 Å². The molecule has 1 aromatic carbocycles. The molecule has 1 heterocycles. The van der Waals surface area contributed by atoms with Crippen LogP contribution in [0, 0.1) is 5.92 Å². The van der Waals surface area contributed by atoms with Crippen LogP contribution in [0.5, 0.6) is 0 Å². The number of hydrogen-bond acceptors (Lipinski definition) is 5. The van der Waals surface area contributed by atoms with Gasteiger partial charge in [0.05, 0.1) is 18.2 Å². The van der Waals surface area contributed by atoms with Crippen LogP contribution in [0.15, 0.2) is 63.6 Å². The van der Waals surface area contributed by atoms with E-state index in [2.05, 4.69) is 20.8 Å². The number of rotatable bonds is 4. The number of carbonyl (C=O) groups is 2. The number of halogens is 1. The number of carboxylic acids is 1. The highest BCUT2D eigenvalue weighted by Gasteiger charge is 2.30. The summed E-state index contributed by atoms with van der Waals surface area (Å²) in [5.74, 6) is -1.32. The summed E-state index contributed by atoms with van der Waals surface area (Å²) >= 11 is 6.14. The number of allylic oxidation sites excluding steroid dienone is 2. The minimum atomic E-state index is -1.03. The van der Waals surface area contributed by atoms with E-state index in [9.17, 15) is 9.59 Å². The van der Waals surface area contributed by atoms with Crippen molar-refractivity contribution in [1.82, 2.24) is 10.9 Å². The highest BCUT2D eigenvalue weighted by Crippen LogP contribution is 2.28. The van der Waals surface area contributed by atoms with Gasteiger partial charge in [0, 0.05) is 17.4 Å². The van der Waals surface area contributed by atoms with Gasteiger partial charge in [0.2, 0.25) is 11.9 Å². The molecular weight excluding hydrogens is 356 g/mol. The number of nitrogens with zero attached hydrogens (tertiary/aromatic N) is 2. The second-order valence-corrected chi connectivity index (χ2v) is 6.25. The number of benzene rings is 1. The van der Waals surface area contributed by atoms with Gasteiger partial charge in [0.15, 0.2) is 0 Å². The summed E-state index contributed by atoms with van der Waals surface area (Å²) < 4.78 is 0. The van der Waals surface area contributed by atoms with Crippen LogP contribution in [0.25, 0.3) is 0 Å². The largest absolute Gasteiger partial charge is 0.481 e. The third-order valence-electron chi connectivity index (χ3n) is 3.92. The molecule has 3 rings (SSSR count). The summed E-state index contributed by atoms with van der Waals surface area (Å²) in [4.78, 5) is 31.2. The van der Waals surface area contributed by atoms with E-state index in [1.807, 2.05) is 42.5 Å². The van der Waals surface area contributed by atoms with Crippen molar-refractivity contribution in [3.05, 3.63) is 59.2 Å². The van der Waals surface area contributed by atoms with Crippen LogP contribution >= 0.6 is 11.6 Å². The highest BCUT2D eigenvalue weighted by atomic mass is 35.5. The van der Waals surface area contributed by atoms with Gasteiger partial charge in [-0.3, -0.25) is 20.4 Å². The predicted octanol–water partition coefficient (Wildman–Crippen LogP) is 2.01. The Morgan fingerprint density at radius 3 is 2.69 bits per heavy atom. The molecule has 8 heteroatoms. The van der Waals surface area contributed by atoms with Crippen LogP contribution in [0.1, 0.15) is 18.4 Å². The fourth-order valence-electron chi connectivity index (χ4n) is 2.69. The Balaban J connectivity index is 1.78. The Labute approximate surface area is 155 Å². The lowest BCUT2D eigenvalue weighted by molar-refractivity contribution is -0.138. The smallest absolute Gasteiger partial charge is 0.303 e. The molecule has 0 saturated carbocycles. The maximum Gasteiger partial charge on any atom is 0.303 e. The van der Waals surface area contributed by atoms with E-state index in [1.165, 1.54) is 0 Å². The van der Waals surface area contributed by atoms with Gasteiger partial charge >= 0.3 is 5.97 Å². The summed E-state index contributed by atoms with van der Waals surface area (Å²) in [6.45, 7) is 0. The van der Waals surface area contributed by atoms with Crippen LogP contribution in [0.4, 0.5) is 0 Å². The first-order valence-corrected chi connectivity index (χ1v) is 8.44. The van der Waals surface area contributed by atoms with E-state index >= 15 is 0 Å². The van der Waals surface area contributed by atoms with Crippen molar-refractivity contribution in [2.75, 3.05) is 0 Å². The molecule has 0 bridgehead atoms. The Kier molecular flexibility index (Phi) is 5.48. The lowest BCUT2D eigenvalue weighted by atomic mass is 9.86. The first-order valence-electron chi connectivity index (χ1n) is 8.07. The zero-order valence-corrected chi connectivity index (χ0v) is 14.5. The van der Waals surface area contributed by atoms with Crippen molar-refractivity contribution in [2.45, 2.75) is 18.9 Å². The van der Waals surface area contributed by atoms with Crippen LogP contribution < -0.4 is 10.9 Å². The van der Waals surface area contributed by atoms with Gasteiger partial charge in [-0.2, -0.15) is 0 Å². The molecule has 1 aliphatic heterocycles. The number of fused-ring (bicyclic) bond motifs is 1. The zero-order chi connectivity index (χ0) is 18.5. The zero-order valence-electron chi connectivity index (χ0n) is 13.7. The molecule has 7 nitrogen and oxygen atoms in total. The normalized spacial score (nSPS) is 21.0. The predicted molar refractivity (Wildman–Crippen MR) is 98.9 cm³/mol. The van der Waals surface area contributed by atoms with Crippen LogP contribution in [0.3, 0.4) is 0 Å².